The van der Waals surface area contributed by atoms with Crippen molar-refractivity contribution < 1.29 is 9.53 Å². The minimum Gasteiger partial charge on any atom is -0.494 e. The molecule has 1 aliphatic rings. The van der Waals surface area contributed by atoms with Crippen molar-refractivity contribution in [3.63, 3.8) is 0 Å². The highest BCUT2D eigenvalue weighted by Crippen LogP contribution is 2.35. The molecule has 0 fully saturated rings. The van der Waals surface area contributed by atoms with Crippen molar-refractivity contribution in [3.8, 4) is 5.75 Å². The number of hydrogen-bond donors (Lipinski definition) is 1. The molecular weight excluding hydrogens is 398 g/mol. The number of carbonyl (C=O) groups excluding carboxylic acids is 1. The van der Waals surface area contributed by atoms with Gasteiger partial charge in [-0.1, -0.05) is 30.3 Å². The minimum atomic E-state index is -0.0737. The Morgan fingerprint density at radius 2 is 1.75 bits per heavy atom. The summed E-state index contributed by atoms with van der Waals surface area (Å²) < 4.78 is 5.48. The van der Waals surface area contributed by atoms with E-state index in [4.69, 9.17) is 4.74 Å². The van der Waals surface area contributed by atoms with Crippen LogP contribution in [0.25, 0.3) is 0 Å². The van der Waals surface area contributed by atoms with Gasteiger partial charge in [0.15, 0.2) is 0 Å². The lowest BCUT2D eigenvalue weighted by molar-refractivity contribution is 0.0951. The van der Waals surface area contributed by atoms with Gasteiger partial charge >= 0.3 is 0 Å². The molecule has 4 rings (SSSR count). The van der Waals surface area contributed by atoms with Crippen LogP contribution >= 0.6 is 0 Å². The lowest BCUT2D eigenvalue weighted by Gasteiger charge is -2.31. The van der Waals surface area contributed by atoms with Gasteiger partial charge in [0, 0.05) is 44.1 Å². The molecule has 0 spiro atoms. The largest absolute Gasteiger partial charge is 0.494 e. The highest BCUT2D eigenvalue weighted by atomic mass is 16.5. The highest BCUT2D eigenvalue weighted by Gasteiger charge is 2.27. The second kappa shape index (κ2) is 9.77. The molecule has 1 aliphatic heterocycles. The Morgan fingerprint density at radius 3 is 2.44 bits per heavy atom. The van der Waals surface area contributed by atoms with Crippen LogP contribution < -0.4 is 19.9 Å². The predicted molar refractivity (Wildman–Crippen MR) is 131 cm³/mol. The van der Waals surface area contributed by atoms with Gasteiger partial charge in [0.2, 0.25) is 0 Å². The summed E-state index contributed by atoms with van der Waals surface area (Å²) in [6.45, 7) is 4.03. The van der Waals surface area contributed by atoms with Crippen LogP contribution in [0.2, 0.25) is 0 Å². The molecule has 3 aromatic rings. The summed E-state index contributed by atoms with van der Waals surface area (Å²) >= 11 is 0. The van der Waals surface area contributed by atoms with Crippen LogP contribution in [0.15, 0.2) is 72.8 Å². The molecule has 5 nitrogen and oxygen atoms in total. The molecule has 166 valence electrons. The Hall–Kier alpha value is -3.47. The van der Waals surface area contributed by atoms with E-state index in [0.717, 1.165) is 24.4 Å². The molecule has 0 radical (unpaired) electrons. The zero-order chi connectivity index (χ0) is 22.5. The maximum atomic E-state index is 12.9. The number of para-hydroxylation sites is 1. The molecule has 1 amide bonds. The number of amides is 1. The maximum Gasteiger partial charge on any atom is 0.251 e. The Bertz CT molecular complexity index is 1050. The third-order valence-corrected chi connectivity index (χ3v) is 5.98. The number of ether oxygens (including phenoxy) is 1. The number of benzene rings is 3. The van der Waals surface area contributed by atoms with Gasteiger partial charge in [0.25, 0.3) is 5.91 Å². The maximum absolute atomic E-state index is 12.9. The van der Waals surface area contributed by atoms with Gasteiger partial charge in [-0.05, 0) is 66.9 Å². The van der Waals surface area contributed by atoms with E-state index < -0.39 is 0 Å². The van der Waals surface area contributed by atoms with Crippen LogP contribution in [0.1, 0.15) is 34.5 Å². The van der Waals surface area contributed by atoms with Gasteiger partial charge in [-0.15, -0.1) is 0 Å². The zero-order valence-corrected chi connectivity index (χ0v) is 19.0. The van der Waals surface area contributed by atoms with Crippen molar-refractivity contribution in [3.05, 3.63) is 89.5 Å². The van der Waals surface area contributed by atoms with E-state index in [1.54, 1.807) is 0 Å². The van der Waals surface area contributed by atoms with Gasteiger partial charge in [-0.2, -0.15) is 0 Å². The first-order valence-electron chi connectivity index (χ1n) is 11.2. The van der Waals surface area contributed by atoms with Crippen LogP contribution in [0.5, 0.6) is 5.75 Å². The van der Waals surface area contributed by atoms with Crippen molar-refractivity contribution >= 4 is 17.3 Å². The number of nitrogens with one attached hydrogen (secondary N) is 1. The van der Waals surface area contributed by atoms with Crippen molar-refractivity contribution in [2.75, 3.05) is 43.6 Å². The average molecular weight is 430 g/mol. The number of anilines is 2. The normalized spacial score (nSPS) is 13.4. The Balaban J connectivity index is 1.55. The first-order chi connectivity index (χ1) is 15.6. The topological polar surface area (TPSA) is 44.8 Å². The number of hydrogen-bond acceptors (Lipinski definition) is 4. The fourth-order valence-corrected chi connectivity index (χ4v) is 4.25. The van der Waals surface area contributed by atoms with Crippen molar-refractivity contribution in [1.29, 1.82) is 0 Å². The molecule has 3 aromatic carbocycles. The standard InChI is InChI=1S/C27H31N3O2/c1-4-32-24-15-11-22(12-16-24)27(31)28-19-26(21-9-13-23(14-10-21)29(2)3)30-18-17-20-7-5-6-8-25(20)30/h5-16,26H,4,17-19H2,1-3H3,(H,28,31). The second-order valence-electron chi connectivity index (χ2n) is 8.24. The zero-order valence-electron chi connectivity index (χ0n) is 19.0. The van der Waals surface area contributed by atoms with E-state index in [-0.39, 0.29) is 11.9 Å². The molecular formula is C27H31N3O2. The predicted octanol–water partition coefficient (Wildman–Crippen LogP) is 4.69. The first-order valence-corrected chi connectivity index (χ1v) is 11.2. The number of rotatable bonds is 8. The van der Waals surface area contributed by atoms with Crippen LogP contribution in [0.3, 0.4) is 0 Å². The van der Waals surface area contributed by atoms with E-state index in [9.17, 15) is 4.79 Å². The third-order valence-electron chi connectivity index (χ3n) is 5.98. The summed E-state index contributed by atoms with van der Waals surface area (Å²) in [5.41, 5.74) is 5.61. The van der Waals surface area contributed by atoms with Crippen LogP contribution in [-0.2, 0) is 6.42 Å². The molecule has 1 atom stereocenters. The molecule has 1 unspecified atom stereocenters. The van der Waals surface area contributed by atoms with Crippen molar-refractivity contribution in [1.82, 2.24) is 5.32 Å². The van der Waals surface area contributed by atoms with Crippen LogP contribution in [0.4, 0.5) is 11.4 Å². The van der Waals surface area contributed by atoms with E-state index in [2.05, 4.69) is 63.6 Å². The van der Waals surface area contributed by atoms with Crippen LogP contribution in [-0.4, -0.2) is 39.7 Å². The second-order valence-corrected chi connectivity index (χ2v) is 8.24. The molecule has 0 saturated carbocycles. The highest BCUT2D eigenvalue weighted by molar-refractivity contribution is 5.94. The van der Waals surface area contributed by atoms with E-state index in [0.29, 0.717) is 18.7 Å². The van der Waals surface area contributed by atoms with E-state index >= 15 is 0 Å². The van der Waals surface area contributed by atoms with Crippen molar-refractivity contribution in [2.24, 2.45) is 0 Å². The number of carbonyl (C=O) groups is 1. The van der Waals surface area contributed by atoms with E-state index in [1.807, 2.05) is 45.3 Å². The Labute approximate surface area is 190 Å². The fourth-order valence-electron chi connectivity index (χ4n) is 4.25. The molecule has 0 saturated heterocycles. The molecule has 5 heteroatoms. The smallest absolute Gasteiger partial charge is 0.251 e. The Morgan fingerprint density at radius 1 is 1.03 bits per heavy atom. The molecule has 1 N–H and O–H groups in total. The van der Waals surface area contributed by atoms with E-state index in [1.165, 1.54) is 16.8 Å². The monoisotopic (exact) mass is 429 g/mol. The summed E-state index contributed by atoms with van der Waals surface area (Å²) in [5.74, 6) is 0.701. The van der Waals surface area contributed by atoms with Gasteiger partial charge in [0.1, 0.15) is 5.75 Å². The summed E-state index contributed by atoms with van der Waals surface area (Å²) in [7, 11) is 4.08. The van der Waals surface area contributed by atoms with Crippen molar-refractivity contribution in [2.45, 2.75) is 19.4 Å². The van der Waals surface area contributed by atoms with Gasteiger partial charge in [0.05, 0.1) is 12.6 Å². The summed E-state index contributed by atoms with van der Waals surface area (Å²) in [5, 5.41) is 3.16. The number of fused-ring (bicyclic) bond motifs is 1. The molecule has 0 bridgehead atoms. The minimum absolute atomic E-state index is 0.0570. The number of nitrogens with zero attached hydrogens (tertiary/aromatic N) is 2. The summed E-state index contributed by atoms with van der Waals surface area (Å²) in [6.07, 6.45) is 1.02. The average Bonchev–Trinajstić information content (AvgIpc) is 3.24. The van der Waals surface area contributed by atoms with Gasteiger partial charge in [-0.3, -0.25) is 4.79 Å². The molecule has 32 heavy (non-hydrogen) atoms. The molecule has 0 aromatic heterocycles. The van der Waals surface area contributed by atoms with Gasteiger partial charge in [-0.25, -0.2) is 0 Å². The summed E-state index contributed by atoms with van der Waals surface area (Å²) in [4.78, 5) is 17.4. The SMILES string of the molecule is CCOc1ccc(C(=O)NCC(c2ccc(N(C)C)cc2)N2CCc3ccccc32)cc1. The molecule has 1 heterocycles. The quantitative estimate of drug-likeness (QED) is 0.565. The van der Waals surface area contributed by atoms with Crippen LogP contribution in [0, 0.1) is 0 Å². The Kier molecular flexibility index (Phi) is 6.64. The van der Waals surface area contributed by atoms with Gasteiger partial charge < -0.3 is 19.9 Å². The first kappa shape index (κ1) is 21.8. The lowest BCUT2D eigenvalue weighted by atomic mass is 10.0. The third kappa shape index (κ3) is 4.72. The fraction of sp³-hybridized carbons (Fsp3) is 0.296. The summed E-state index contributed by atoms with van der Waals surface area (Å²) in [6, 6.07) is 24.5. The lowest BCUT2D eigenvalue weighted by Crippen LogP contribution is -2.37. The molecule has 0 aliphatic carbocycles.